The molecule has 3 heterocycles. The molecule has 4 rings (SSSR count). The third-order valence-electron chi connectivity index (χ3n) is 4.46. The highest BCUT2D eigenvalue weighted by molar-refractivity contribution is 6.08. The molecule has 1 unspecified atom stereocenters. The molecule has 3 aliphatic rings. The number of carbonyl (C=O) groups is 1. The van der Waals surface area contributed by atoms with Gasteiger partial charge >= 0.3 is 0 Å². The van der Waals surface area contributed by atoms with Crippen LogP contribution < -0.4 is 21.0 Å². The van der Waals surface area contributed by atoms with Crippen molar-refractivity contribution in [3.8, 4) is 0 Å². The Balaban J connectivity index is 0.00000144. The van der Waals surface area contributed by atoms with Crippen molar-refractivity contribution in [3.63, 3.8) is 0 Å². The Morgan fingerprint density at radius 3 is 2.86 bits per heavy atom. The Morgan fingerprint density at radius 1 is 1.32 bits per heavy atom. The molecule has 0 radical (unpaired) electrons. The van der Waals surface area contributed by atoms with E-state index in [1.165, 1.54) is 5.56 Å². The lowest BCUT2D eigenvalue weighted by Crippen LogP contribution is -2.54. The molecule has 118 valence electrons. The molecular weight excluding hydrogens is 302 g/mol. The molecule has 7 heteroatoms. The number of amidine groups is 1. The second-order valence-corrected chi connectivity index (χ2v) is 5.89. The molecule has 3 N–H and O–H groups in total. The first-order valence-electron chi connectivity index (χ1n) is 7.48. The van der Waals surface area contributed by atoms with Crippen molar-refractivity contribution in [2.75, 3.05) is 23.3 Å². The summed E-state index contributed by atoms with van der Waals surface area (Å²) in [4.78, 5) is 14.0. The third-order valence-corrected chi connectivity index (χ3v) is 4.46. The van der Waals surface area contributed by atoms with Gasteiger partial charge in [0.05, 0.1) is 6.04 Å². The first-order valence-corrected chi connectivity index (χ1v) is 7.48. The van der Waals surface area contributed by atoms with Gasteiger partial charge in [0.2, 0.25) is 0 Å². The second-order valence-electron chi connectivity index (χ2n) is 5.89. The Bertz CT molecular complexity index is 628. The minimum absolute atomic E-state index is 0. The lowest BCUT2D eigenvalue weighted by atomic mass is 9.97. The molecule has 0 aromatic heterocycles. The van der Waals surface area contributed by atoms with Gasteiger partial charge in [-0.05, 0) is 31.0 Å². The number of amides is 1. The molecule has 1 fully saturated rings. The second kappa shape index (κ2) is 5.78. The highest BCUT2D eigenvalue weighted by Gasteiger charge is 2.34. The van der Waals surface area contributed by atoms with Crippen LogP contribution in [0.4, 0.5) is 11.4 Å². The molecule has 0 bridgehead atoms. The zero-order chi connectivity index (χ0) is 14.4. The van der Waals surface area contributed by atoms with E-state index in [4.69, 9.17) is 0 Å². The van der Waals surface area contributed by atoms with Crippen LogP contribution in [0.3, 0.4) is 0 Å². The Hall–Kier alpha value is -1.79. The molecule has 22 heavy (non-hydrogen) atoms. The first-order chi connectivity index (χ1) is 10.2. The van der Waals surface area contributed by atoms with Gasteiger partial charge < -0.3 is 15.5 Å². The number of carbonyl (C=O) groups excluding carboxylic acids is 1. The van der Waals surface area contributed by atoms with Crippen LogP contribution in [0.1, 0.15) is 18.9 Å². The van der Waals surface area contributed by atoms with Crippen molar-refractivity contribution in [1.29, 1.82) is 0 Å². The average Bonchev–Trinajstić information content (AvgIpc) is 2.46. The molecule has 0 spiro atoms. The van der Waals surface area contributed by atoms with Crippen molar-refractivity contribution < 1.29 is 4.79 Å². The summed E-state index contributed by atoms with van der Waals surface area (Å²) in [6, 6.07) is 6.74. The fraction of sp³-hybridized carbons (Fsp3) is 0.467. The van der Waals surface area contributed by atoms with Gasteiger partial charge in [-0.25, -0.2) is 5.43 Å². The van der Waals surface area contributed by atoms with Gasteiger partial charge in [0.15, 0.2) is 0 Å². The van der Waals surface area contributed by atoms with Gasteiger partial charge in [0.25, 0.3) is 5.91 Å². The zero-order valence-corrected chi connectivity index (χ0v) is 13.2. The summed E-state index contributed by atoms with van der Waals surface area (Å²) in [5, 5.41) is 11.0. The highest BCUT2D eigenvalue weighted by atomic mass is 35.5. The molecule has 1 atom stereocenters. The van der Waals surface area contributed by atoms with E-state index in [0.29, 0.717) is 6.04 Å². The van der Waals surface area contributed by atoms with Crippen LogP contribution in [-0.2, 0) is 11.2 Å². The number of nitrogens with one attached hydrogen (secondary N) is 3. The Morgan fingerprint density at radius 2 is 2.14 bits per heavy atom. The molecule has 3 aliphatic heterocycles. The van der Waals surface area contributed by atoms with E-state index >= 15 is 0 Å². The van der Waals surface area contributed by atoms with E-state index in [-0.39, 0.29) is 24.4 Å². The number of halogens is 1. The summed E-state index contributed by atoms with van der Waals surface area (Å²) in [5.74, 6) is 0.908. The van der Waals surface area contributed by atoms with E-state index in [9.17, 15) is 4.79 Å². The van der Waals surface area contributed by atoms with Crippen LogP contribution in [-0.4, -0.2) is 36.9 Å². The van der Waals surface area contributed by atoms with E-state index in [2.05, 4.69) is 44.3 Å². The monoisotopic (exact) mass is 321 g/mol. The topological polar surface area (TPSA) is 68.8 Å². The lowest BCUT2D eigenvalue weighted by Gasteiger charge is -2.39. The molecule has 1 aromatic carbocycles. The molecule has 0 saturated carbocycles. The van der Waals surface area contributed by atoms with Gasteiger partial charge in [-0.1, -0.05) is 6.07 Å². The van der Waals surface area contributed by atoms with Crippen molar-refractivity contribution in [2.45, 2.75) is 31.8 Å². The minimum atomic E-state index is -0.211. The van der Waals surface area contributed by atoms with Crippen LogP contribution in [0.2, 0.25) is 0 Å². The fourth-order valence-corrected chi connectivity index (χ4v) is 3.09. The molecule has 6 nitrogen and oxygen atoms in total. The third kappa shape index (κ3) is 2.42. The normalized spacial score (nSPS) is 23.3. The largest absolute Gasteiger partial charge is 0.380 e. The van der Waals surface area contributed by atoms with Crippen LogP contribution in [0.15, 0.2) is 23.3 Å². The Kier molecular flexibility index (Phi) is 3.97. The number of hydrogen-bond donors (Lipinski definition) is 3. The molecule has 1 amide bonds. The van der Waals surface area contributed by atoms with E-state index in [1.54, 1.807) is 0 Å². The maximum absolute atomic E-state index is 11.9. The van der Waals surface area contributed by atoms with Crippen LogP contribution in [0, 0.1) is 0 Å². The summed E-state index contributed by atoms with van der Waals surface area (Å²) in [5.41, 5.74) is 6.12. The molecule has 1 saturated heterocycles. The first kappa shape index (κ1) is 15.1. The predicted octanol–water partition coefficient (Wildman–Crippen LogP) is 1.08. The van der Waals surface area contributed by atoms with Gasteiger partial charge in [-0.3, -0.25) is 4.79 Å². The maximum Gasteiger partial charge on any atom is 0.262 e. The Labute approximate surface area is 135 Å². The summed E-state index contributed by atoms with van der Waals surface area (Å²) in [6.45, 7) is 3.94. The van der Waals surface area contributed by atoms with Gasteiger partial charge in [-0.2, -0.15) is 5.10 Å². The standard InChI is InChI=1S/C15H19N5O.ClH/c1-9-15(21)19-18-14-5-3-10-2-4-11(6-13(10)20(9)14)17-12-7-16-8-12;/h2,4,6,9,12,16-17H,3,5,7-8H2,1H3,(H,19,21);1H. The van der Waals surface area contributed by atoms with Crippen LogP contribution >= 0.6 is 12.4 Å². The van der Waals surface area contributed by atoms with Crippen molar-refractivity contribution in [2.24, 2.45) is 5.10 Å². The molecule has 0 aliphatic carbocycles. The molecular formula is C15H20ClN5O. The summed E-state index contributed by atoms with van der Waals surface area (Å²) in [7, 11) is 0. The van der Waals surface area contributed by atoms with E-state index in [0.717, 1.165) is 43.1 Å². The van der Waals surface area contributed by atoms with Crippen molar-refractivity contribution in [3.05, 3.63) is 23.8 Å². The number of aryl methyl sites for hydroxylation is 1. The number of benzene rings is 1. The number of rotatable bonds is 2. The lowest BCUT2D eigenvalue weighted by molar-refractivity contribution is -0.122. The smallest absolute Gasteiger partial charge is 0.262 e. The van der Waals surface area contributed by atoms with Gasteiger partial charge in [-0.15, -0.1) is 12.4 Å². The van der Waals surface area contributed by atoms with Crippen LogP contribution in [0.25, 0.3) is 0 Å². The SMILES string of the molecule is CC1C(=O)NN=C2CCc3ccc(NC4CNC4)cc3N21.Cl. The number of fused-ring (bicyclic) bond motifs is 3. The fourth-order valence-electron chi connectivity index (χ4n) is 3.09. The molecule has 1 aromatic rings. The minimum Gasteiger partial charge on any atom is -0.380 e. The van der Waals surface area contributed by atoms with Crippen molar-refractivity contribution in [1.82, 2.24) is 10.7 Å². The van der Waals surface area contributed by atoms with E-state index in [1.807, 2.05) is 6.92 Å². The average molecular weight is 322 g/mol. The quantitative estimate of drug-likeness (QED) is 0.762. The number of hydrazone groups is 1. The summed E-state index contributed by atoms with van der Waals surface area (Å²) >= 11 is 0. The number of hydrogen-bond acceptors (Lipinski definition) is 5. The predicted molar refractivity (Wildman–Crippen MR) is 89.8 cm³/mol. The van der Waals surface area contributed by atoms with Gasteiger partial charge in [0, 0.05) is 30.9 Å². The zero-order valence-electron chi connectivity index (χ0n) is 12.4. The highest BCUT2D eigenvalue weighted by Crippen LogP contribution is 2.33. The van der Waals surface area contributed by atoms with Crippen molar-refractivity contribution >= 4 is 35.5 Å². The number of anilines is 2. The van der Waals surface area contributed by atoms with E-state index < -0.39 is 0 Å². The number of nitrogens with zero attached hydrogens (tertiary/aromatic N) is 2. The van der Waals surface area contributed by atoms with Gasteiger partial charge in [0.1, 0.15) is 11.9 Å². The van der Waals surface area contributed by atoms with Crippen LogP contribution in [0.5, 0.6) is 0 Å². The summed E-state index contributed by atoms with van der Waals surface area (Å²) in [6.07, 6.45) is 1.84. The summed E-state index contributed by atoms with van der Waals surface area (Å²) < 4.78 is 0. The maximum atomic E-state index is 11.9.